The average molecular weight is 211 g/mol. The van der Waals surface area contributed by atoms with Gasteiger partial charge in [0.2, 0.25) is 5.91 Å². The van der Waals surface area contributed by atoms with Gasteiger partial charge in [-0.05, 0) is 25.7 Å². The number of nitrogens with two attached hydrogens (primary N) is 1. The minimum atomic E-state index is -0.488. The summed E-state index contributed by atoms with van der Waals surface area (Å²) in [6.07, 6.45) is 3.46. The van der Waals surface area contributed by atoms with Crippen LogP contribution in [0.3, 0.4) is 0 Å². The van der Waals surface area contributed by atoms with Crippen LogP contribution in [0.5, 0.6) is 0 Å². The molecule has 0 fully saturated rings. The number of esters is 1. The van der Waals surface area contributed by atoms with Crippen molar-refractivity contribution in [2.24, 2.45) is 17.6 Å². The predicted octanol–water partition coefficient (Wildman–Crippen LogP) is 1.01. The minimum Gasteiger partial charge on any atom is -0.463 e. The van der Waals surface area contributed by atoms with E-state index >= 15 is 0 Å². The zero-order valence-corrected chi connectivity index (χ0v) is 9.16. The maximum absolute atomic E-state index is 11.6. The van der Waals surface area contributed by atoms with Crippen LogP contribution in [0.1, 0.15) is 26.7 Å². The summed E-state index contributed by atoms with van der Waals surface area (Å²) in [4.78, 5) is 22.8. The van der Waals surface area contributed by atoms with Gasteiger partial charge in [-0.3, -0.25) is 4.79 Å². The van der Waals surface area contributed by atoms with E-state index in [1.807, 2.05) is 6.92 Å². The molecule has 0 saturated carbocycles. The monoisotopic (exact) mass is 211 g/mol. The fourth-order valence-corrected chi connectivity index (χ4v) is 1.96. The third-order valence-electron chi connectivity index (χ3n) is 2.71. The molecule has 0 bridgehead atoms. The SMILES string of the molecule is CCOC(=O)C1=CCCC(C)C1C(N)=O. The highest BCUT2D eigenvalue weighted by Crippen LogP contribution is 2.30. The van der Waals surface area contributed by atoms with Crippen LogP contribution in [0.25, 0.3) is 0 Å². The van der Waals surface area contributed by atoms with Crippen LogP contribution in [0.15, 0.2) is 11.6 Å². The molecule has 2 unspecified atom stereocenters. The first-order valence-electron chi connectivity index (χ1n) is 5.24. The summed E-state index contributed by atoms with van der Waals surface area (Å²) in [5.41, 5.74) is 5.73. The number of ether oxygens (including phenoxy) is 1. The lowest BCUT2D eigenvalue weighted by Crippen LogP contribution is -2.35. The third kappa shape index (κ3) is 2.58. The lowest BCUT2D eigenvalue weighted by atomic mass is 9.79. The number of carbonyl (C=O) groups excluding carboxylic acids is 2. The third-order valence-corrected chi connectivity index (χ3v) is 2.71. The number of amides is 1. The van der Waals surface area contributed by atoms with Crippen LogP contribution in [0, 0.1) is 11.8 Å². The van der Waals surface area contributed by atoms with Gasteiger partial charge in [-0.25, -0.2) is 4.79 Å². The highest BCUT2D eigenvalue weighted by molar-refractivity contribution is 5.97. The molecule has 1 aliphatic carbocycles. The number of primary amides is 1. The van der Waals surface area contributed by atoms with Crippen molar-refractivity contribution in [2.45, 2.75) is 26.7 Å². The van der Waals surface area contributed by atoms with E-state index in [-0.39, 0.29) is 5.92 Å². The zero-order chi connectivity index (χ0) is 11.4. The van der Waals surface area contributed by atoms with Crippen LogP contribution in [-0.4, -0.2) is 18.5 Å². The van der Waals surface area contributed by atoms with Crippen molar-refractivity contribution in [3.05, 3.63) is 11.6 Å². The molecule has 1 amide bonds. The average Bonchev–Trinajstić information content (AvgIpc) is 2.17. The summed E-state index contributed by atoms with van der Waals surface area (Å²) >= 11 is 0. The summed E-state index contributed by atoms with van der Waals surface area (Å²) in [6, 6.07) is 0. The van der Waals surface area contributed by atoms with E-state index in [0.717, 1.165) is 12.8 Å². The summed E-state index contributed by atoms with van der Waals surface area (Å²) in [5, 5.41) is 0. The Bertz CT molecular complexity index is 296. The molecule has 0 radical (unpaired) electrons. The lowest BCUT2D eigenvalue weighted by molar-refractivity contribution is -0.141. The molecule has 0 aromatic carbocycles. The first-order valence-corrected chi connectivity index (χ1v) is 5.24. The molecule has 0 aromatic rings. The van der Waals surface area contributed by atoms with Crippen LogP contribution < -0.4 is 5.73 Å². The number of carbonyl (C=O) groups is 2. The molecule has 0 spiro atoms. The number of hydrogen-bond donors (Lipinski definition) is 1. The molecule has 2 N–H and O–H groups in total. The molecule has 0 saturated heterocycles. The van der Waals surface area contributed by atoms with E-state index in [1.165, 1.54) is 0 Å². The van der Waals surface area contributed by atoms with Gasteiger partial charge < -0.3 is 10.5 Å². The Kier molecular flexibility index (Phi) is 3.88. The first-order chi connectivity index (χ1) is 7.07. The van der Waals surface area contributed by atoms with Crippen LogP contribution >= 0.6 is 0 Å². The molecule has 0 aliphatic heterocycles. The van der Waals surface area contributed by atoms with E-state index in [4.69, 9.17) is 10.5 Å². The van der Waals surface area contributed by atoms with Crippen molar-refractivity contribution in [3.8, 4) is 0 Å². The van der Waals surface area contributed by atoms with E-state index in [2.05, 4.69) is 0 Å². The molecule has 15 heavy (non-hydrogen) atoms. The molecular weight excluding hydrogens is 194 g/mol. The maximum atomic E-state index is 11.6. The summed E-state index contributed by atoms with van der Waals surface area (Å²) in [7, 11) is 0. The second-order valence-electron chi connectivity index (χ2n) is 3.81. The van der Waals surface area contributed by atoms with Gasteiger partial charge in [0.15, 0.2) is 0 Å². The molecule has 4 heteroatoms. The Balaban J connectivity index is 2.88. The predicted molar refractivity (Wildman–Crippen MR) is 55.8 cm³/mol. The highest BCUT2D eigenvalue weighted by Gasteiger charge is 2.33. The maximum Gasteiger partial charge on any atom is 0.334 e. The van der Waals surface area contributed by atoms with Gasteiger partial charge in [0.25, 0.3) is 0 Å². The van der Waals surface area contributed by atoms with Crippen molar-refractivity contribution in [2.75, 3.05) is 6.61 Å². The molecule has 0 heterocycles. The van der Waals surface area contributed by atoms with E-state index in [0.29, 0.717) is 12.2 Å². The lowest BCUT2D eigenvalue weighted by Gasteiger charge is -2.26. The van der Waals surface area contributed by atoms with Gasteiger partial charge in [-0.2, -0.15) is 0 Å². The fourth-order valence-electron chi connectivity index (χ4n) is 1.96. The Morgan fingerprint density at radius 3 is 2.80 bits per heavy atom. The second kappa shape index (κ2) is 4.96. The Hall–Kier alpha value is -1.32. The molecule has 2 atom stereocenters. The largest absolute Gasteiger partial charge is 0.463 e. The minimum absolute atomic E-state index is 0.118. The van der Waals surface area contributed by atoms with Crippen molar-refractivity contribution in [1.29, 1.82) is 0 Å². The van der Waals surface area contributed by atoms with Crippen molar-refractivity contribution in [1.82, 2.24) is 0 Å². The van der Waals surface area contributed by atoms with Crippen LogP contribution in [-0.2, 0) is 14.3 Å². The highest BCUT2D eigenvalue weighted by atomic mass is 16.5. The Morgan fingerprint density at radius 1 is 1.60 bits per heavy atom. The van der Waals surface area contributed by atoms with Gasteiger partial charge in [-0.15, -0.1) is 0 Å². The smallest absolute Gasteiger partial charge is 0.334 e. The molecule has 4 nitrogen and oxygen atoms in total. The van der Waals surface area contributed by atoms with Crippen LogP contribution in [0.2, 0.25) is 0 Å². The quantitative estimate of drug-likeness (QED) is 0.708. The van der Waals surface area contributed by atoms with Gasteiger partial charge in [0.05, 0.1) is 12.5 Å². The van der Waals surface area contributed by atoms with Crippen molar-refractivity contribution < 1.29 is 14.3 Å². The Morgan fingerprint density at radius 2 is 2.27 bits per heavy atom. The summed E-state index contributed by atoms with van der Waals surface area (Å²) < 4.78 is 4.90. The summed E-state index contributed by atoms with van der Waals surface area (Å²) in [5.74, 6) is -1.22. The van der Waals surface area contributed by atoms with Gasteiger partial charge in [0, 0.05) is 5.57 Å². The Labute approximate surface area is 89.5 Å². The number of allylic oxidation sites excluding steroid dienone is 1. The zero-order valence-electron chi connectivity index (χ0n) is 9.16. The van der Waals surface area contributed by atoms with E-state index < -0.39 is 17.8 Å². The van der Waals surface area contributed by atoms with Crippen molar-refractivity contribution >= 4 is 11.9 Å². The standard InChI is InChI=1S/C11H17NO3/c1-3-15-11(14)8-6-4-5-7(2)9(8)10(12)13/h6-7,9H,3-5H2,1-2H3,(H2,12,13). The molecule has 0 aromatic heterocycles. The molecule has 1 aliphatic rings. The fraction of sp³-hybridized carbons (Fsp3) is 0.636. The van der Waals surface area contributed by atoms with Gasteiger partial charge >= 0.3 is 5.97 Å². The molecule has 1 rings (SSSR count). The van der Waals surface area contributed by atoms with Crippen LogP contribution in [0.4, 0.5) is 0 Å². The van der Waals surface area contributed by atoms with E-state index in [1.54, 1.807) is 13.0 Å². The molecule has 84 valence electrons. The van der Waals surface area contributed by atoms with Gasteiger partial charge in [0.1, 0.15) is 0 Å². The van der Waals surface area contributed by atoms with E-state index in [9.17, 15) is 9.59 Å². The number of hydrogen-bond acceptors (Lipinski definition) is 3. The van der Waals surface area contributed by atoms with Gasteiger partial charge in [-0.1, -0.05) is 13.0 Å². The molecular formula is C11H17NO3. The first kappa shape index (κ1) is 11.8. The topological polar surface area (TPSA) is 69.4 Å². The normalized spacial score (nSPS) is 25.6. The number of rotatable bonds is 3. The summed E-state index contributed by atoms with van der Waals surface area (Å²) in [6.45, 7) is 3.99. The van der Waals surface area contributed by atoms with Crippen molar-refractivity contribution in [3.63, 3.8) is 0 Å². The second-order valence-corrected chi connectivity index (χ2v) is 3.81.